The van der Waals surface area contributed by atoms with Crippen molar-refractivity contribution in [1.29, 1.82) is 0 Å². The molecule has 2 heterocycles. The highest BCUT2D eigenvalue weighted by atomic mass is 19.1. The van der Waals surface area contributed by atoms with Gasteiger partial charge >= 0.3 is 0 Å². The van der Waals surface area contributed by atoms with Crippen LogP contribution in [0.2, 0.25) is 0 Å². The van der Waals surface area contributed by atoms with Gasteiger partial charge in [0, 0.05) is 57.0 Å². The number of benzene rings is 1. The summed E-state index contributed by atoms with van der Waals surface area (Å²) in [7, 11) is 0. The van der Waals surface area contributed by atoms with Crippen LogP contribution in [0.15, 0.2) is 18.2 Å². The molecule has 0 saturated carbocycles. The number of likely N-dealkylation sites (tertiary alicyclic amines) is 1. The summed E-state index contributed by atoms with van der Waals surface area (Å²) < 4.78 is 26.9. The van der Waals surface area contributed by atoms with Gasteiger partial charge < -0.3 is 10.0 Å². The molecule has 2 fully saturated rings. The van der Waals surface area contributed by atoms with Crippen LogP contribution in [0.5, 0.6) is 0 Å². The van der Waals surface area contributed by atoms with Gasteiger partial charge in [-0.05, 0) is 63.9 Å². The van der Waals surface area contributed by atoms with Gasteiger partial charge in [-0.15, -0.1) is 0 Å². The summed E-state index contributed by atoms with van der Waals surface area (Å²) in [6.07, 6.45) is 3.10. The smallest absolute Gasteiger partial charge is 0.126 e. The Bertz CT molecular complexity index is 585. The normalized spacial score (nSPS) is 24.0. The summed E-state index contributed by atoms with van der Waals surface area (Å²) >= 11 is 0. The van der Waals surface area contributed by atoms with E-state index in [2.05, 4.69) is 28.5 Å². The highest BCUT2D eigenvalue weighted by molar-refractivity contribution is 5.18. The first-order valence-corrected chi connectivity index (χ1v) is 10.2. The van der Waals surface area contributed by atoms with E-state index in [0.717, 1.165) is 45.2 Å². The lowest BCUT2D eigenvalue weighted by Crippen LogP contribution is -2.58. The molecule has 0 unspecified atom stereocenters. The van der Waals surface area contributed by atoms with Crippen LogP contribution in [-0.4, -0.2) is 77.3 Å². The monoisotopic (exact) mass is 381 g/mol. The number of halogens is 2. The lowest BCUT2D eigenvalue weighted by molar-refractivity contribution is -0.0000631. The molecule has 2 aliphatic heterocycles. The van der Waals surface area contributed by atoms with Gasteiger partial charge in [-0.25, -0.2) is 8.78 Å². The third-order valence-electron chi connectivity index (χ3n) is 6.10. The number of piperazine rings is 1. The Morgan fingerprint density at radius 3 is 2.30 bits per heavy atom. The molecule has 4 nitrogen and oxygen atoms in total. The van der Waals surface area contributed by atoms with Crippen molar-refractivity contribution in [2.75, 3.05) is 39.3 Å². The second-order valence-corrected chi connectivity index (χ2v) is 8.28. The van der Waals surface area contributed by atoms with Crippen LogP contribution < -0.4 is 0 Å². The maximum atomic E-state index is 13.5. The number of aliphatic hydroxyl groups is 1. The number of nitrogens with zero attached hydrogens (tertiary/aromatic N) is 3. The van der Waals surface area contributed by atoms with Crippen LogP contribution in [0.25, 0.3) is 0 Å². The molecule has 0 aliphatic carbocycles. The molecule has 152 valence electrons. The van der Waals surface area contributed by atoms with Crippen LogP contribution in [0, 0.1) is 11.6 Å². The van der Waals surface area contributed by atoms with E-state index in [1.54, 1.807) is 0 Å². The molecule has 1 N–H and O–H groups in total. The standard InChI is InChI=1S/C21H33F2N3O/c1-16(2)25-6-3-20(4-7-25)26-9-8-24(15-21(26)5-10-27)14-17-11-18(22)13-19(23)12-17/h11-13,16,20-21,27H,3-10,14-15H2,1-2H3/t21-/m1/s1. The van der Waals surface area contributed by atoms with E-state index in [4.69, 9.17) is 0 Å². The van der Waals surface area contributed by atoms with Crippen molar-refractivity contribution in [2.24, 2.45) is 0 Å². The summed E-state index contributed by atoms with van der Waals surface area (Å²) in [5, 5.41) is 9.55. The minimum Gasteiger partial charge on any atom is -0.396 e. The average Bonchev–Trinajstić information content (AvgIpc) is 2.61. The van der Waals surface area contributed by atoms with Crippen LogP contribution in [-0.2, 0) is 6.54 Å². The van der Waals surface area contributed by atoms with Gasteiger partial charge in [0.05, 0.1) is 0 Å². The van der Waals surface area contributed by atoms with Crippen molar-refractivity contribution < 1.29 is 13.9 Å². The lowest BCUT2D eigenvalue weighted by Gasteiger charge is -2.48. The average molecular weight is 382 g/mol. The summed E-state index contributed by atoms with van der Waals surface area (Å²) in [6, 6.07) is 5.22. The molecule has 0 bridgehead atoms. The van der Waals surface area contributed by atoms with Crippen molar-refractivity contribution >= 4 is 0 Å². The molecule has 0 radical (unpaired) electrons. The summed E-state index contributed by atoms with van der Waals surface area (Å²) in [4.78, 5) is 7.37. The van der Waals surface area contributed by atoms with Gasteiger partial charge in [-0.1, -0.05) is 0 Å². The maximum Gasteiger partial charge on any atom is 0.126 e. The van der Waals surface area contributed by atoms with Gasteiger partial charge in [-0.2, -0.15) is 0 Å². The zero-order chi connectivity index (χ0) is 19.4. The van der Waals surface area contributed by atoms with Gasteiger partial charge in [0.15, 0.2) is 0 Å². The van der Waals surface area contributed by atoms with Gasteiger partial charge in [0.1, 0.15) is 11.6 Å². The number of aliphatic hydroxyl groups excluding tert-OH is 1. The zero-order valence-corrected chi connectivity index (χ0v) is 16.6. The van der Waals surface area contributed by atoms with Crippen molar-refractivity contribution in [3.63, 3.8) is 0 Å². The predicted molar refractivity (Wildman–Crippen MR) is 104 cm³/mol. The van der Waals surface area contributed by atoms with Crippen molar-refractivity contribution in [2.45, 2.75) is 57.8 Å². The van der Waals surface area contributed by atoms with Gasteiger partial charge in [-0.3, -0.25) is 9.80 Å². The fraction of sp³-hybridized carbons (Fsp3) is 0.714. The highest BCUT2D eigenvalue weighted by Crippen LogP contribution is 2.25. The SMILES string of the molecule is CC(C)N1CCC(N2CCN(Cc3cc(F)cc(F)c3)C[C@H]2CCO)CC1. The molecule has 2 aliphatic rings. The van der Waals surface area contributed by atoms with Crippen LogP contribution >= 0.6 is 0 Å². The first-order chi connectivity index (χ1) is 13.0. The van der Waals surface area contributed by atoms with E-state index in [9.17, 15) is 13.9 Å². The third-order valence-corrected chi connectivity index (χ3v) is 6.10. The van der Waals surface area contributed by atoms with E-state index < -0.39 is 11.6 Å². The van der Waals surface area contributed by atoms with Crippen molar-refractivity contribution in [3.05, 3.63) is 35.4 Å². The van der Waals surface area contributed by atoms with E-state index in [1.165, 1.54) is 25.0 Å². The predicted octanol–water partition coefficient (Wildman–Crippen LogP) is 2.71. The van der Waals surface area contributed by atoms with Crippen LogP contribution in [0.3, 0.4) is 0 Å². The van der Waals surface area contributed by atoms with Crippen molar-refractivity contribution in [3.8, 4) is 0 Å². The number of rotatable bonds is 6. The van der Waals surface area contributed by atoms with Crippen molar-refractivity contribution in [1.82, 2.24) is 14.7 Å². The molecule has 27 heavy (non-hydrogen) atoms. The largest absolute Gasteiger partial charge is 0.396 e. The minimum absolute atomic E-state index is 0.175. The second kappa shape index (κ2) is 9.41. The molecule has 1 atom stereocenters. The Morgan fingerprint density at radius 2 is 1.70 bits per heavy atom. The summed E-state index contributed by atoms with van der Waals surface area (Å²) in [5.74, 6) is -1.04. The molecule has 3 rings (SSSR count). The fourth-order valence-corrected chi connectivity index (χ4v) is 4.66. The number of hydrogen-bond donors (Lipinski definition) is 1. The molecule has 1 aromatic rings. The number of piperidine rings is 1. The van der Waals surface area contributed by atoms with E-state index in [1.807, 2.05) is 0 Å². The Kier molecular flexibility index (Phi) is 7.20. The minimum atomic E-state index is -0.521. The molecular formula is C21H33F2N3O. The lowest BCUT2D eigenvalue weighted by atomic mass is 9.97. The number of hydrogen-bond acceptors (Lipinski definition) is 4. The van der Waals surface area contributed by atoms with Crippen LogP contribution in [0.1, 0.15) is 38.7 Å². The second-order valence-electron chi connectivity index (χ2n) is 8.28. The Morgan fingerprint density at radius 1 is 1.04 bits per heavy atom. The molecule has 0 aromatic heterocycles. The molecule has 0 spiro atoms. The maximum absolute atomic E-state index is 13.5. The molecule has 6 heteroatoms. The van der Waals surface area contributed by atoms with Gasteiger partial charge in [0.25, 0.3) is 0 Å². The zero-order valence-electron chi connectivity index (χ0n) is 16.6. The quantitative estimate of drug-likeness (QED) is 0.821. The molecular weight excluding hydrogens is 348 g/mol. The topological polar surface area (TPSA) is 30.0 Å². The Balaban J connectivity index is 1.59. The van der Waals surface area contributed by atoms with Crippen LogP contribution in [0.4, 0.5) is 8.78 Å². The molecule has 2 saturated heterocycles. The first-order valence-electron chi connectivity index (χ1n) is 10.2. The Hall–Kier alpha value is -1.08. The first kappa shape index (κ1) is 20.6. The van der Waals surface area contributed by atoms with E-state index in [0.29, 0.717) is 30.2 Å². The van der Waals surface area contributed by atoms with E-state index >= 15 is 0 Å². The highest BCUT2D eigenvalue weighted by Gasteiger charge is 2.33. The third kappa shape index (κ3) is 5.47. The van der Waals surface area contributed by atoms with Gasteiger partial charge in [0.2, 0.25) is 0 Å². The molecule has 0 amide bonds. The summed E-state index contributed by atoms with van der Waals surface area (Å²) in [5.41, 5.74) is 0.675. The van der Waals surface area contributed by atoms with E-state index in [-0.39, 0.29) is 6.61 Å². The summed E-state index contributed by atoms with van der Waals surface area (Å²) in [6.45, 7) is 10.2. The molecule has 1 aromatic carbocycles. The fourth-order valence-electron chi connectivity index (χ4n) is 4.66. The Labute approximate surface area is 161 Å².